The number of carbonyl (C=O) groups excluding carboxylic acids is 3. The van der Waals surface area contributed by atoms with E-state index in [1.165, 1.54) is 0 Å². The zero-order valence-corrected chi connectivity index (χ0v) is 19.6. The molecule has 4 aliphatic carbocycles. The summed E-state index contributed by atoms with van der Waals surface area (Å²) in [4.78, 5) is 34.1. The number of hydrogen-bond acceptors (Lipinski definition) is 6. The van der Waals surface area contributed by atoms with E-state index in [1.807, 2.05) is 6.08 Å². The molecule has 0 bridgehead atoms. The topological polar surface area (TPSA) is 78.9 Å². The van der Waals surface area contributed by atoms with Crippen molar-refractivity contribution in [2.75, 3.05) is 0 Å². The zero-order valence-electron chi connectivity index (χ0n) is 19.6. The lowest BCUT2D eigenvalue weighted by Gasteiger charge is -2.63. The van der Waals surface area contributed by atoms with Gasteiger partial charge in [0.25, 0.3) is 19.4 Å². The number of rotatable bonds is 8. The Labute approximate surface area is 191 Å². The van der Waals surface area contributed by atoms with Crippen LogP contribution in [0.25, 0.3) is 0 Å². The first-order chi connectivity index (χ1) is 15.3. The molecule has 32 heavy (non-hydrogen) atoms. The van der Waals surface area contributed by atoms with Crippen molar-refractivity contribution >= 4 is 19.4 Å². The highest BCUT2D eigenvalue weighted by molar-refractivity contribution is 5.39. The Morgan fingerprint density at radius 1 is 0.906 bits per heavy atom. The summed E-state index contributed by atoms with van der Waals surface area (Å²) in [5.41, 5.74) is -0.120. The molecule has 0 heterocycles. The van der Waals surface area contributed by atoms with E-state index in [2.05, 4.69) is 27.4 Å². The molecule has 178 valence electrons. The standard InChI is InChI=1S/C26H38O6/c1-5-16(2)19-6-7-20-24-21(12-23(32-15-29)26(19,20)4)25(3)9-8-18(30-13-27)10-17(25)11-22(24)31-14-28/h5,13-24H,1,6-12H2,2-4H3/t16-,17+,18-,19-,20+,21+,22-,23+,24+,25+,26-/m1/s1. The van der Waals surface area contributed by atoms with Crippen molar-refractivity contribution in [1.29, 1.82) is 0 Å². The van der Waals surface area contributed by atoms with E-state index in [1.54, 1.807) is 0 Å². The minimum absolute atomic E-state index is 0.0458. The van der Waals surface area contributed by atoms with Gasteiger partial charge in [-0.15, -0.1) is 6.58 Å². The Hall–Kier alpha value is -1.85. The van der Waals surface area contributed by atoms with Crippen molar-refractivity contribution in [1.82, 2.24) is 0 Å². The molecule has 4 fully saturated rings. The molecule has 4 aliphatic rings. The molecular weight excluding hydrogens is 408 g/mol. The van der Waals surface area contributed by atoms with Gasteiger partial charge in [0, 0.05) is 11.3 Å². The highest BCUT2D eigenvalue weighted by atomic mass is 16.5. The van der Waals surface area contributed by atoms with Crippen molar-refractivity contribution in [2.24, 2.45) is 46.3 Å². The predicted molar refractivity (Wildman–Crippen MR) is 118 cm³/mol. The van der Waals surface area contributed by atoms with E-state index in [4.69, 9.17) is 14.2 Å². The van der Waals surface area contributed by atoms with E-state index < -0.39 is 0 Å². The van der Waals surface area contributed by atoms with Gasteiger partial charge in [0.1, 0.15) is 18.3 Å². The second-order valence-electron chi connectivity index (χ2n) is 11.2. The highest BCUT2D eigenvalue weighted by Gasteiger charge is 2.67. The van der Waals surface area contributed by atoms with Crippen LogP contribution in [-0.4, -0.2) is 37.7 Å². The maximum absolute atomic E-state index is 11.6. The van der Waals surface area contributed by atoms with Crippen LogP contribution in [0.4, 0.5) is 0 Å². The van der Waals surface area contributed by atoms with E-state index in [0.29, 0.717) is 49.0 Å². The quantitative estimate of drug-likeness (QED) is 0.314. The zero-order chi connectivity index (χ0) is 23.1. The summed E-state index contributed by atoms with van der Waals surface area (Å²) >= 11 is 0. The smallest absolute Gasteiger partial charge is 0.293 e. The first-order valence-corrected chi connectivity index (χ1v) is 12.2. The van der Waals surface area contributed by atoms with Crippen LogP contribution < -0.4 is 0 Å². The van der Waals surface area contributed by atoms with Crippen molar-refractivity contribution in [3.63, 3.8) is 0 Å². The van der Waals surface area contributed by atoms with Gasteiger partial charge in [-0.3, -0.25) is 14.4 Å². The van der Waals surface area contributed by atoms with Gasteiger partial charge in [0.15, 0.2) is 0 Å². The molecule has 0 aliphatic heterocycles. The minimum Gasteiger partial charge on any atom is -0.465 e. The third-order valence-electron chi connectivity index (χ3n) is 10.5. The van der Waals surface area contributed by atoms with E-state index in [0.717, 1.165) is 44.9 Å². The molecule has 6 heteroatoms. The minimum atomic E-state index is -0.165. The SMILES string of the molecule is C=C[C@@H](C)[C@H]1CC[C@H]2[C@@H]3[C@H](OC=O)C[C@@H]4C[C@H](OC=O)CC[C@]4(C)[C@H]3C[C@H](OC=O)[C@]12C. The fourth-order valence-electron chi connectivity index (χ4n) is 8.84. The van der Waals surface area contributed by atoms with Crippen molar-refractivity contribution in [3.05, 3.63) is 12.7 Å². The molecule has 0 aromatic rings. The molecule has 0 aromatic heterocycles. The van der Waals surface area contributed by atoms with E-state index in [9.17, 15) is 14.4 Å². The average molecular weight is 447 g/mol. The summed E-state index contributed by atoms with van der Waals surface area (Å²) in [6, 6.07) is 0. The summed E-state index contributed by atoms with van der Waals surface area (Å²) in [7, 11) is 0. The number of fused-ring (bicyclic) bond motifs is 5. The molecule has 0 aromatic carbocycles. The summed E-state index contributed by atoms with van der Waals surface area (Å²) < 4.78 is 17.0. The number of ether oxygens (including phenoxy) is 3. The van der Waals surface area contributed by atoms with Crippen LogP contribution in [0.1, 0.15) is 65.7 Å². The summed E-state index contributed by atoms with van der Waals surface area (Å²) in [5, 5.41) is 0. The summed E-state index contributed by atoms with van der Waals surface area (Å²) in [6.07, 6.45) is 7.99. The molecule has 0 amide bonds. The number of hydrogen-bond donors (Lipinski definition) is 0. The lowest BCUT2D eigenvalue weighted by molar-refractivity contribution is -0.217. The van der Waals surface area contributed by atoms with Gasteiger partial charge < -0.3 is 14.2 Å². The van der Waals surface area contributed by atoms with Crippen LogP contribution in [0.3, 0.4) is 0 Å². The molecule has 0 saturated heterocycles. The molecule has 0 radical (unpaired) electrons. The molecule has 0 unspecified atom stereocenters. The van der Waals surface area contributed by atoms with Gasteiger partial charge in [-0.25, -0.2) is 0 Å². The summed E-state index contributed by atoms with van der Waals surface area (Å²) in [6.45, 7) is 12.7. The Balaban J connectivity index is 1.73. The fourth-order valence-corrected chi connectivity index (χ4v) is 8.84. The number of allylic oxidation sites excluding steroid dienone is 1. The fraction of sp³-hybridized carbons (Fsp3) is 0.808. The van der Waals surface area contributed by atoms with Crippen LogP contribution in [0.15, 0.2) is 12.7 Å². The van der Waals surface area contributed by atoms with Crippen LogP contribution in [0.5, 0.6) is 0 Å². The Morgan fingerprint density at radius 2 is 1.62 bits per heavy atom. The second-order valence-corrected chi connectivity index (χ2v) is 11.2. The predicted octanol–water partition coefficient (Wildman–Crippen LogP) is 4.31. The number of carbonyl (C=O) groups is 3. The van der Waals surface area contributed by atoms with Crippen LogP contribution in [0, 0.1) is 46.3 Å². The molecule has 11 atom stereocenters. The molecule has 4 saturated carbocycles. The monoisotopic (exact) mass is 446 g/mol. The maximum atomic E-state index is 11.6. The third-order valence-corrected chi connectivity index (χ3v) is 10.5. The molecular formula is C26H38O6. The van der Waals surface area contributed by atoms with Crippen molar-refractivity contribution in [2.45, 2.75) is 84.0 Å². The third kappa shape index (κ3) is 3.40. The Kier molecular flexibility index (Phi) is 6.43. The molecule has 6 nitrogen and oxygen atoms in total. The Morgan fingerprint density at radius 3 is 2.28 bits per heavy atom. The first kappa shape index (κ1) is 23.3. The Bertz CT molecular complexity index is 738. The first-order valence-electron chi connectivity index (χ1n) is 12.2. The van der Waals surface area contributed by atoms with E-state index >= 15 is 0 Å². The van der Waals surface area contributed by atoms with Gasteiger partial charge >= 0.3 is 0 Å². The largest absolute Gasteiger partial charge is 0.465 e. The van der Waals surface area contributed by atoms with Crippen molar-refractivity contribution < 1.29 is 28.6 Å². The van der Waals surface area contributed by atoms with Gasteiger partial charge in [-0.05, 0) is 80.0 Å². The lowest BCUT2D eigenvalue weighted by Crippen LogP contribution is -2.63. The van der Waals surface area contributed by atoms with Crippen LogP contribution in [0.2, 0.25) is 0 Å². The van der Waals surface area contributed by atoms with Gasteiger partial charge in [0.05, 0.1) is 0 Å². The van der Waals surface area contributed by atoms with Crippen molar-refractivity contribution in [3.8, 4) is 0 Å². The molecule has 0 spiro atoms. The van der Waals surface area contributed by atoms with Gasteiger partial charge in [-0.2, -0.15) is 0 Å². The average Bonchev–Trinajstić information content (AvgIpc) is 3.13. The van der Waals surface area contributed by atoms with Gasteiger partial charge in [0.2, 0.25) is 0 Å². The van der Waals surface area contributed by atoms with Crippen LogP contribution >= 0.6 is 0 Å². The van der Waals surface area contributed by atoms with Crippen LogP contribution in [-0.2, 0) is 28.6 Å². The second kappa shape index (κ2) is 8.83. The maximum Gasteiger partial charge on any atom is 0.293 e. The molecule has 4 rings (SSSR count). The molecule has 0 N–H and O–H groups in total. The normalized spacial score (nSPS) is 48.2. The highest BCUT2D eigenvalue weighted by Crippen LogP contribution is 2.69. The summed E-state index contributed by atoms with van der Waals surface area (Å²) in [5.74, 6) is 1.89. The van der Waals surface area contributed by atoms with E-state index in [-0.39, 0.29) is 35.1 Å². The van der Waals surface area contributed by atoms with Gasteiger partial charge in [-0.1, -0.05) is 26.8 Å². The lowest BCUT2D eigenvalue weighted by atomic mass is 9.43.